The molecule has 0 spiro atoms. The molecule has 1 aliphatic heterocycles. The monoisotopic (exact) mass is 449 g/mol. The van der Waals surface area contributed by atoms with Crippen LogP contribution in [0.25, 0.3) is 17.1 Å². The Morgan fingerprint density at radius 2 is 1.94 bits per heavy atom. The first-order chi connectivity index (χ1) is 15.0. The normalized spacial score (nSPS) is 16.1. The van der Waals surface area contributed by atoms with Crippen LogP contribution in [-0.2, 0) is 6.42 Å². The van der Waals surface area contributed by atoms with E-state index in [2.05, 4.69) is 10.1 Å². The van der Waals surface area contributed by atoms with E-state index in [1.54, 1.807) is 12.1 Å². The average Bonchev–Trinajstić information content (AvgIpc) is 3.05. The molecule has 6 nitrogen and oxygen atoms in total. The van der Waals surface area contributed by atoms with Crippen molar-refractivity contribution in [2.24, 2.45) is 0 Å². The van der Waals surface area contributed by atoms with Gasteiger partial charge in [-0.15, -0.1) is 0 Å². The minimum Gasteiger partial charge on any atom is -0.485 e. The smallest absolute Gasteiger partial charge is 0.296 e. The summed E-state index contributed by atoms with van der Waals surface area (Å²) >= 11 is 7.33. The Balaban J connectivity index is 1.60. The van der Waals surface area contributed by atoms with Gasteiger partial charge in [-0.05, 0) is 42.3 Å². The maximum absolute atomic E-state index is 13.0. The van der Waals surface area contributed by atoms with E-state index in [1.165, 1.54) is 4.52 Å². The van der Waals surface area contributed by atoms with Crippen molar-refractivity contribution in [1.82, 2.24) is 14.6 Å². The van der Waals surface area contributed by atoms with Crippen LogP contribution in [-0.4, -0.2) is 20.7 Å². The van der Waals surface area contributed by atoms with Gasteiger partial charge >= 0.3 is 0 Å². The minimum absolute atomic E-state index is 0.176. The molecule has 3 heterocycles. The molecule has 2 aromatic carbocycles. The highest BCUT2D eigenvalue weighted by atomic mass is 35.5. The van der Waals surface area contributed by atoms with Gasteiger partial charge in [0.25, 0.3) is 11.1 Å². The number of nitrogens with zero attached hydrogens (tertiary/aromatic N) is 3. The molecular weight excluding hydrogens is 434 g/mol. The molecule has 1 aliphatic rings. The average molecular weight is 450 g/mol. The molecule has 0 saturated carbocycles. The number of thiazole rings is 1. The third-order valence-electron chi connectivity index (χ3n) is 5.08. The number of rotatable bonds is 3. The number of ether oxygens (including phenoxy) is 1. The van der Waals surface area contributed by atoms with Crippen LogP contribution in [0.3, 0.4) is 0 Å². The molecule has 1 atom stereocenters. The Labute approximate surface area is 185 Å². The van der Waals surface area contributed by atoms with Crippen molar-refractivity contribution in [3.8, 4) is 5.75 Å². The largest absolute Gasteiger partial charge is 0.485 e. The molecular formula is C23H16ClN3O3S. The molecule has 31 heavy (non-hydrogen) atoms. The fraction of sp³-hybridized carbons (Fsp3) is 0.130. The Hall–Kier alpha value is -3.29. The van der Waals surface area contributed by atoms with Crippen molar-refractivity contribution in [3.05, 3.63) is 101 Å². The van der Waals surface area contributed by atoms with Gasteiger partial charge < -0.3 is 4.74 Å². The number of hydrogen-bond acceptors (Lipinski definition) is 6. The van der Waals surface area contributed by atoms with Gasteiger partial charge in [0, 0.05) is 17.0 Å². The zero-order chi connectivity index (χ0) is 21.5. The van der Waals surface area contributed by atoms with Crippen molar-refractivity contribution in [2.75, 3.05) is 0 Å². The van der Waals surface area contributed by atoms with Crippen molar-refractivity contribution >= 4 is 40.1 Å². The molecule has 154 valence electrons. The maximum atomic E-state index is 13.0. The Bertz CT molecular complexity index is 1520. The van der Waals surface area contributed by atoms with E-state index in [9.17, 15) is 9.59 Å². The highest BCUT2D eigenvalue weighted by Crippen LogP contribution is 2.29. The van der Waals surface area contributed by atoms with Crippen molar-refractivity contribution in [2.45, 2.75) is 19.4 Å². The molecule has 0 bridgehead atoms. The van der Waals surface area contributed by atoms with Crippen LogP contribution in [0.2, 0.25) is 5.02 Å². The number of hydrogen-bond donors (Lipinski definition) is 0. The van der Waals surface area contributed by atoms with Gasteiger partial charge in [0.1, 0.15) is 17.5 Å². The summed E-state index contributed by atoms with van der Waals surface area (Å²) in [5.41, 5.74) is 1.96. The van der Waals surface area contributed by atoms with Crippen LogP contribution in [0.5, 0.6) is 5.75 Å². The van der Waals surface area contributed by atoms with Crippen LogP contribution in [0.4, 0.5) is 0 Å². The molecule has 5 rings (SSSR count). The Kier molecular flexibility index (Phi) is 4.92. The van der Waals surface area contributed by atoms with Gasteiger partial charge in [-0.1, -0.05) is 59.3 Å². The topological polar surface area (TPSA) is 73.6 Å². The first-order valence-corrected chi connectivity index (χ1v) is 10.8. The number of para-hydroxylation sites is 1. The fourth-order valence-corrected chi connectivity index (χ4v) is 4.55. The first-order valence-electron chi connectivity index (χ1n) is 9.65. The van der Waals surface area contributed by atoms with Gasteiger partial charge in [0.2, 0.25) is 4.96 Å². The molecule has 0 fully saturated rings. The summed E-state index contributed by atoms with van der Waals surface area (Å²) in [7, 11) is 0. The number of fused-ring (bicyclic) bond motifs is 2. The highest BCUT2D eigenvalue weighted by Gasteiger charge is 2.18. The molecule has 0 saturated heterocycles. The zero-order valence-electron chi connectivity index (χ0n) is 16.4. The van der Waals surface area contributed by atoms with E-state index in [0.717, 1.165) is 33.8 Å². The van der Waals surface area contributed by atoms with Crippen molar-refractivity contribution in [3.63, 3.8) is 0 Å². The summed E-state index contributed by atoms with van der Waals surface area (Å²) in [5, 5.41) is 4.83. The summed E-state index contributed by atoms with van der Waals surface area (Å²) in [4.78, 5) is 29.8. The highest BCUT2D eigenvalue weighted by molar-refractivity contribution is 7.15. The van der Waals surface area contributed by atoms with Crippen molar-refractivity contribution < 1.29 is 4.74 Å². The SMILES string of the molecule is CC1Oc2ccccc2C=C1C=c1sc2nc(=O)c(Cc3ccccc3Cl)nn2c1=O. The summed E-state index contributed by atoms with van der Waals surface area (Å²) in [5.74, 6) is 0.809. The summed E-state index contributed by atoms with van der Waals surface area (Å²) in [6.07, 6.45) is 3.77. The quantitative estimate of drug-likeness (QED) is 0.480. The van der Waals surface area contributed by atoms with Crippen LogP contribution in [0.15, 0.2) is 63.7 Å². The zero-order valence-corrected chi connectivity index (χ0v) is 18.0. The number of benzene rings is 2. The summed E-state index contributed by atoms with van der Waals surface area (Å²) in [6.45, 7) is 1.93. The second-order valence-electron chi connectivity index (χ2n) is 7.18. The van der Waals surface area contributed by atoms with E-state index in [-0.39, 0.29) is 28.7 Å². The molecule has 0 aliphatic carbocycles. The van der Waals surface area contributed by atoms with Gasteiger partial charge in [-0.3, -0.25) is 9.59 Å². The lowest BCUT2D eigenvalue weighted by molar-refractivity contribution is 0.259. The van der Waals surface area contributed by atoms with Gasteiger partial charge in [0.05, 0.1) is 4.53 Å². The van der Waals surface area contributed by atoms with E-state index in [1.807, 2.05) is 55.5 Å². The predicted molar refractivity (Wildman–Crippen MR) is 122 cm³/mol. The van der Waals surface area contributed by atoms with Gasteiger partial charge in [-0.2, -0.15) is 14.6 Å². The maximum Gasteiger partial charge on any atom is 0.296 e. The van der Waals surface area contributed by atoms with Crippen LogP contribution in [0, 0.1) is 0 Å². The molecule has 0 amide bonds. The molecule has 4 aromatic rings. The second-order valence-corrected chi connectivity index (χ2v) is 8.60. The lowest BCUT2D eigenvalue weighted by Gasteiger charge is -2.22. The van der Waals surface area contributed by atoms with E-state index >= 15 is 0 Å². The number of aromatic nitrogens is 3. The molecule has 2 aromatic heterocycles. The molecule has 0 N–H and O–H groups in total. The predicted octanol–water partition coefficient (Wildman–Crippen LogP) is 3.12. The summed E-state index contributed by atoms with van der Waals surface area (Å²) < 4.78 is 7.58. The molecule has 0 radical (unpaired) electrons. The third-order valence-corrected chi connectivity index (χ3v) is 6.41. The molecule has 8 heteroatoms. The summed E-state index contributed by atoms with van der Waals surface area (Å²) in [6, 6.07) is 14.9. The lowest BCUT2D eigenvalue weighted by atomic mass is 10.0. The second kappa shape index (κ2) is 7.76. The fourth-order valence-electron chi connectivity index (χ4n) is 3.45. The van der Waals surface area contributed by atoms with Crippen molar-refractivity contribution in [1.29, 1.82) is 0 Å². The minimum atomic E-state index is -0.463. The van der Waals surface area contributed by atoms with E-state index < -0.39 is 5.56 Å². The van der Waals surface area contributed by atoms with Crippen LogP contribution in [0.1, 0.15) is 23.7 Å². The first kappa shape index (κ1) is 19.7. The third kappa shape index (κ3) is 3.66. The van der Waals surface area contributed by atoms with E-state index in [4.69, 9.17) is 16.3 Å². The Morgan fingerprint density at radius 3 is 2.77 bits per heavy atom. The lowest BCUT2D eigenvalue weighted by Crippen LogP contribution is -2.29. The van der Waals surface area contributed by atoms with Gasteiger partial charge in [-0.25, -0.2) is 0 Å². The number of halogens is 1. The van der Waals surface area contributed by atoms with Crippen LogP contribution < -0.4 is 20.4 Å². The Morgan fingerprint density at radius 1 is 1.16 bits per heavy atom. The molecule has 1 unspecified atom stereocenters. The van der Waals surface area contributed by atoms with E-state index in [0.29, 0.717) is 9.55 Å². The van der Waals surface area contributed by atoms with Crippen LogP contribution >= 0.6 is 22.9 Å². The van der Waals surface area contributed by atoms with Gasteiger partial charge in [0.15, 0.2) is 0 Å². The standard InChI is InChI=1S/C23H16ClN3O3S/c1-13-16(10-15-7-3-5-9-19(15)30-13)12-20-22(29)27-23(31-20)25-21(28)18(26-27)11-14-6-2-4-8-17(14)24/h2-10,12-13H,11H2,1H3.